The summed E-state index contributed by atoms with van der Waals surface area (Å²) in [6.07, 6.45) is 1.72. The average molecular weight is 476 g/mol. The summed E-state index contributed by atoms with van der Waals surface area (Å²) >= 11 is 0.939. The molecule has 1 saturated heterocycles. The Hall–Kier alpha value is -3.71. The van der Waals surface area contributed by atoms with Crippen LogP contribution in [0.1, 0.15) is 11.1 Å². The number of carbonyl (C=O) groups is 2. The van der Waals surface area contributed by atoms with E-state index in [1.165, 1.54) is 4.90 Å². The van der Waals surface area contributed by atoms with Crippen molar-refractivity contribution in [2.45, 2.75) is 6.92 Å². The number of benzene rings is 3. The van der Waals surface area contributed by atoms with Crippen molar-refractivity contribution in [1.29, 1.82) is 0 Å². The minimum Gasteiger partial charge on any atom is -0.492 e. The van der Waals surface area contributed by atoms with Gasteiger partial charge in [0.1, 0.15) is 37.1 Å². The Balaban J connectivity index is 1.25. The van der Waals surface area contributed by atoms with Gasteiger partial charge in [-0.1, -0.05) is 42.5 Å². The van der Waals surface area contributed by atoms with Crippen LogP contribution in [0, 0.1) is 6.92 Å². The number of imide groups is 1. The number of hydrogen-bond donors (Lipinski definition) is 0. The molecule has 174 valence electrons. The second-order valence-corrected chi connectivity index (χ2v) is 8.57. The molecule has 0 spiro atoms. The molecule has 1 fully saturated rings. The fraction of sp³-hybridized carbons (Fsp3) is 0.185. The van der Waals surface area contributed by atoms with E-state index in [1.807, 2.05) is 85.8 Å². The van der Waals surface area contributed by atoms with Gasteiger partial charge in [-0.25, -0.2) is 0 Å². The first kappa shape index (κ1) is 23.4. The molecular formula is C27H25NO5S. The second-order valence-electron chi connectivity index (χ2n) is 7.58. The van der Waals surface area contributed by atoms with Gasteiger partial charge < -0.3 is 14.2 Å². The molecule has 1 heterocycles. The molecule has 34 heavy (non-hydrogen) atoms. The minimum absolute atomic E-state index is 0.202. The molecule has 7 heteroatoms. The number of rotatable bonds is 10. The fourth-order valence-electron chi connectivity index (χ4n) is 3.30. The first-order chi connectivity index (χ1) is 16.6. The Labute approximate surface area is 203 Å². The van der Waals surface area contributed by atoms with Crippen molar-refractivity contribution in [1.82, 2.24) is 4.90 Å². The lowest BCUT2D eigenvalue weighted by Gasteiger charge is -2.13. The van der Waals surface area contributed by atoms with E-state index in [0.717, 1.165) is 34.4 Å². The number of ether oxygens (including phenoxy) is 3. The molecule has 0 saturated carbocycles. The van der Waals surface area contributed by atoms with Crippen LogP contribution in [0.4, 0.5) is 4.79 Å². The molecule has 4 rings (SSSR count). The standard InChI is InChI=1S/C27H25NO5S/c1-20-6-5-9-24(18-20)31-15-14-28-26(29)25(34-27(28)30)19-21-10-12-23(13-11-21)33-17-16-32-22-7-3-2-4-8-22/h2-13,18-19H,14-17H2,1H3/b25-19-. The number of carbonyl (C=O) groups excluding carboxylic acids is 2. The maximum atomic E-state index is 12.7. The lowest BCUT2D eigenvalue weighted by atomic mass is 10.2. The molecule has 6 nitrogen and oxygen atoms in total. The third-order valence-electron chi connectivity index (χ3n) is 4.99. The van der Waals surface area contributed by atoms with E-state index in [9.17, 15) is 9.59 Å². The average Bonchev–Trinajstić information content (AvgIpc) is 3.11. The highest BCUT2D eigenvalue weighted by Gasteiger charge is 2.34. The molecule has 0 aliphatic carbocycles. The Kier molecular flexibility index (Phi) is 7.88. The van der Waals surface area contributed by atoms with Crippen molar-refractivity contribution >= 4 is 29.0 Å². The van der Waals surface area contributed by atoms with Gasteiger partial charge in [-0.05, 0) is 72.3 Å². The van der Waals surface area contributed by atoms with Crippen molar-refractivity contribution in [3.05, 3.63) is 94.9 Å². The van der Waals surface area contributed by atoms with Gasteiger partial charge in [0.2, 0.25) is 0 Å². The minimum atomic E-state index is -0.304. The van der Waals surface area contributed by atoms with E-state index in [0.29, 0.717) is 23.9 Å². The molecule has 0 radical (unpaired) electrons. The Morgan fingerprint density at radius 3 is 2.12 bits per heavy atom. The number of aryl methyl sites for hydroxylation is 1. The summed E-state index contributed by atoms with van der Waals surface area (Å²) < 4.78 is 17.0. The number of nitrogens with zero attached hydrogens (tertiary/aromatic N) is 1. The van der Waals surface area contributed by atoms with Crippen molar-refractivity contribution in [3.8, 4) is 17.2 Å². The highest BCUT2D eigenvalue weighted by molar-refractivity contribution is 8.18. The fourth-order valence-corrected chi connectivity index (χ4v) is 4.17. The van der Waals surface area contributed by atoms with Crippen LogP contribution in [0.5, 0.6) is 17.2 Å². The first-order valence-corrected chi connectivity index (χ1v) is 11.8. The summed E-state index contributed by atoms with van der Waals surface area (Å²) in [5, 5.41) is -0.289. The zero-order chi connectivity index (χ0) is 23.8. The molecule has 3 aromatic rings. The van der Waals surface area contributed by atoms with Gasteiger partial charge in [0.25, 0.3) is 11.1 Å². The maximum Gasteiger partial charge on any atom is 0.293 e. The van der Waals surface area contributed by atoms with E-state index >= 15 is 0 Å². The number of para-hydroxylation sites is 1. The predicted molar refractivity (Wildman–Crippen MR) is 133 cm³/mol. The van der Waals surface area contributed by atoms with Crippen LogP contribution in [-0.2, 0) is 4.79 Å². The smallest absolute Gasteiger partial charge is 0.293 e. The van der Waals surface area contributed by atoms with E-state index in [1.54, 1.807) is 6.08 Å². The van der Waals surface area contributed by atoms with Gasteiger partial charge in [0.05, 0.1) is 11.4 Å². The normalized spacial score (nSPS) is 14.5. The maximum absolute atomic E-state index is 12.7. The van der Waals surface area contributed by atoms with Gasteiger partial charge in [-0.15, -0.1) is 0 Å². The van der Waals surface area contributed by atoms with Crippen LogP contribution < -0.4 is 14.2 Å². The lowest BCUT2D eigenvalue weighted by molar-refractivity contribution is -0.123. The molecule has 3 aromatic carbocycles. The van der Waals surface area contributed by atoms with Gasteiger partial charge >= 0.3 is 0 Å². The SMILES string of the molecule is Cc1cccc(OCCN2C(=O)S/C(=C\c3ccc(OCCOc4ccccc4)cc3)C2=O)c1. The molecule has 0 unspecified atom stereocenters. The van der Waals surface area contributed by atoms with Crippen LogP contribution >= 0.6 is 11.8 Å². The predicted octanol–water partition coefficient (Wildman–Crippen LogP) is 5.57. The van der Waals surface area contributed by atoms with Crippen LogP contribution in [0.2, 0.25) is 0 Å². The Morgan fingerprint density at radius 2 is 1.41 bits per heavy atom. The van der Waals surface area contributed by atoms with E-state index in [2.05, 4.69) is 0 Å². The number of thioether (sulfide) groups is 1. The molecule has 0 atom stereocenters. The monoisotopic (exact) mass is 475 g/mol. The molecule has 0 bridgehead atoms. The van der Waals surface area contributed by atoms with Gasteiger partial charge in [0.15, 0.2) is 0 Å². The molecular weight excluding hydrogens is 450 g/mol. The van der Waals surface area contributed by atoms with Crippen LogP contribution in [-0.4, -0.2) is 42.4 Å². The first-order valence-electron chi connectivity index (χ1n) is 10.9. The van der Waals surface area contributed by atoms with E-state index < -0.39 is 0 Å². The molecule has 1 aliphatic rings. The van der Waals surface area contributed by atoms with Gasteiger partial charge in [0, 0.05) is 0 Å². The third-order valence-corrected chi connectivity index (χ3v) is 5.90. The van der Waals surface area contributed by atoms with E-state index in [-0.39, 0.29) is 24.3 Å². The Bertz CT molecular complexity index is 1160. The third kappa shape index (κ3) is 6.42. The van der Waals surface area contributed by atoms with Crippen molar-refractivity contribution < 1.29 is 23.8 Å². The van der Waals surface area contributed by atoms with Crippen LogP contribution in [0.3, 0.4) is 0 Å². The summed E-state index contributed by atoms with van der Waals surface area (Å²) in [5.41, 5.74) is 1.90. The molecule has 1 aliphatic heterocycles. The van der Waals surface area contributed by atoms with Gasteiger partial charge in [-0.2, -0.15) is 0 Å². The second kappa shape index (κ2) is 11.4. The van der Waals surface area contributed by atoms with E-state index in [4.69, 9.17) is 14.2 Å². The highest BCUT2D eigenvalue weighted by atomic mass is 32.2. The zero-order valence-electron chi connectivity index (χ0n) is 18.8. The molecule has 0 N–H and O–H groups in total. The summed E-state index contributed by atoms with van der Waals surface area (Å²) in [6, 6.07) is 24.6. The number of hydrogen-bond acceptors (Lipinski definition) is 6. The number of amides is 2. The Morgan fingerprint density at radius 1 is 0.765 bits per heavy atom. The summed E-state index contributed by atoms with van der Waals surface area (Å²) in [4.78, 5) is 26.6. The van der Waals surface area contributed by atoms with Crippen molar-refractivity contribution in [2.75, 3.05) is 26.4 Å². The van der Waals surface area contributed by atoms with Crippen LogP contribution in [0.15, 0.2) is 83.8 Å². The summed E-state index contributed by atoms with van der Waals surface area (Å²) in [6.45, 7) is 3.28. The van der Waals surface area contributed by atoms with Gasteiger partial charge in [-0.3, -0.25) is 14.5 Å². The zero-order valence-corrected chi connectivity index (χ0v) is 19.6. The topological polar surface area (TPSA) is 65.1 Å². The van der Waals surface area contributed by atoms with Crippen LogP contribution in [0.25, 0.3) is 6.08 Å². The summed E-state index contributed by atoms with van der Waals surface area (Å²) in [7, 11) is 0. The highest BCUT2D eigenvalue weighted by Crippen LogP contribution is 2.32. The van der Waals surface area contributed by atoms with Crippen molar-refractivity contribution in [2.24, 2.45) is 0 Å². The summed E-state index contributed by atoms with van der Waals surface area (Å²) in [5.74, 6) is 1.92. The van der Waals surface area contributed by atoms with Crippen molar-refractivity contribution in [3.63, 3.8) is 0 Å². The largest absolute Gasteiger partial charge is 0.492 e. The molecule has 2 amide bonds. The quantitative estimate of drug-likeness (QED) is 0.282. The molecule has 0 aromatic heterocycles. The lowest BCUT2D eigenvalue weighted by Crippen LogP contribution is -2.32.